The lowest BCUT2D eigenvalue weighted by Gasteiger charge is -2.10. The van der Waals surface area contributed by atoms with Gasteiger partial charge in [-0.05, 0) is 56.5 Å². The Morgan fingerprint density at radius 3 is 2.91 bits per heavy atom. The molecule has 1 amide bonds. The summed E-state index contributed by atoms with van der Waals surface area (Å²) in [5.74, 6) is 1.39. The molecule has 1 unspecified atom stereocenters. The van der Waals surface area contributed by atoms with Crippen LogP contribution in [-0.2, 0) is 4.79 Å². The molecule has 1 aliphatic heterocycles. The van der Waals surface area contributed by atoms with E-state index in [1.54, 1.807) is 18.2 Å². The molecule has 0 aliphatic carbocycles. The average molecular weight is 382 g/mol. The van der Waals surface area contributed by atoms with Gasteiger partial charge in [-0.25, -0.2) is 0 Å². The number of nitrogens with one attached hydrogen (secondary N) is 2. The summed E-state index contributed by atoms with van der Waals surface area (Å²) in [4.78, 5) is 11.7. The Labute approximate surface area is 153 Å². The van der Waals surface area contributed by atoms with Gasteiger partial charge >= 0.3 is 0 Å². The SMILES string of the molecule is Cl.O=C(CCC1CCNC1)NCCCOc1ccc(Cl)cc1Cl. The predicted octanol–water partition coefficient (Wildman–Crippen LogP) is 3.69. The van der Waals surface area contributed by atoms with Crippen LogP contribution in [0.1, 0.15) is 25.7 Å². The minimum atomic E-state index is 0. The van der Waals surface area contributed by atoms with Crippen LogP contribution in [0.3, 0.4) is 0 Å². The second kappa shape index (κ2) is 11.0. The monoisotopic (exact) mass is 380 g/mol. The van der Waals surface area contributed by atoms with Crippen LogP contribution in [0.25, 0.3) is 0 Å². The third-order valence-electron chi connectivity index (χ3n) is 3.74. The maximum atomic E-state index is 11.7. The first kappa shape index (κ1) is 20.4. The second-order valence-electron chi connectivity index (χ2n) is 5.52. The van der Waals surface area contributed by atoms with Gasteiger partial charge in [0.2, 0.25) is 5.91 Å². The van der Waals surface area contributed by atoms with Crippen molar-refractivity contribution in [3.8, 4) is 5.75 Å². The first-order valence-corrected chi connectivity index (χ1v) is 8.46. The van der Waals surface area contributed by atoms with Crippen molar-refractivity contribution in [3.63, 3.8) is 0 Å². The molecule has 2 rings (SSSR count). The molecule has 0 aromatic heterocycles. The fourth-order valence-corrected chi connectivity index (χ4v) is 2.92. The van der Waals surface area contributed by atoms with E-state index in [4.69, 9.17) is 27.9 Å². The molecule has 1 atom stereocenters. The summed E-state index contributed by atoms with van der Waals surface area (Å²) >= 11 is 11.8. The summed E-state index contributed by atoms with van der Waals surface area (Å²) in [6.07, 6.45) is 3.50. The zero-order valence-corrected chi connectivity index (χ0v) is 15.3. The third kappa shape index (κ3) is 7.62. The standard InChI is InChI=1S/C16H22Cl2N2O2.ClH/c17-13-3-4-15(14(18)10-13)22-9-1-7-20-16(21)5-2-12-6-8-19-11-12;/h3-4,10,12,19H,1-2,5-9,11H2,(H,20,21);1H. The van der Waals surface area contributed by atoms with E-state index in [1.807, 2.05) is 0 Å². The number of carbonyl (C=O) groups excluding carboxylic acids is 1. The number of hydrogen-bond donors (Lipinski definition) is 2. The number of hydrogen-bond acceptors (Lipinski definition) is 3. The summed E-state index contributed by atoms with van der Waals surface area (Å²) < 4.78 is 5.56. The van der Waals surface area contributed by atoms with Crippen molar-refractivity contribution >= 4 is 41.5 Å². The van der Waals surface area contributed by atoms with Crippen molar-refractivity contribution in [1.29, 1.82) is 0 Å². The fraction of sp³-hybridized carbons (Fsp3) is 0.562. The molecule has 2 N–H and O–H groups in total. The van der Waals surface area contributed by atoms with Gasteiger partial charge in [-0.3, -0.25) is 4.79 Å². The zero-order valence-electron chi connectivity index (χ0n) is 12.9. The van der Waals surface area contributed by atoms with Gasteiger partial charge in [0.1, 0.15) is 5.75 Å². The molecule has 1 saturated heterocycles. The van der Waals surface area contributed by atoms with Crippen LogP contribution < -0.4 is 15.4 Å². The Kier molecular flexibility index (Phi) is 9.72. The topological polar surface area (TPSA) is 50.4 Å². The minimum absolute atomic E-state index is 0. The average Bonchev–Trinajstić information content (AvgIpc) is 3.00. The molecule has 0 spiro atoms. The second-order valence-corrected chi connectivity index (χ2v) is 6.37. The van der Waals surface area contributed by atoms with Crippen LogP contribution >= 0.6 is 35.6 Å². The largest absolute Gasteiger partial charge is 0.492 e. The van der Waals surface area contributed by atoms with Crippen molar-refractivity contribution < 1.29 is 9.53 Å². The van der Waals surface area contributed by atoms with Crippen molar-refractivity contribution in [2.24, 2.45) is 5.92 Å². The highest BCUT2D eigenvalue weighted by atomic mass is 35.5. The van der Waals surface area contributed by atoms with Crippen LogP contribution in [0, 0.1) is 5.92 Å². The maximum Gasteiger partial charge on any atom is 0.220 e. The summed E-state index contributed by atoms with van der Waals surface area (Å²) in [6, 6.07) is 5.14. The fourth-order valence-electron chi connectivity index (χ4n) is 2.46. The van der Waals surface area contributed by atoms with Gasteiger partial charge < -0.3 is 15.4 Å². The van der Waals surface area contributed by atoms with E-state index < -0.39 is 0 Å². The first-order valence-electron chi connectivity index (χ1n) is 7.70. The summed E-state index contributed by atoms with van der Waals surface area (Å²) in [6.45, 7) is 3.25. The molecule has 1 aliphatic rings. The number of rotatable bonds is 8. The van der Waals surface area contributed by atoms with Crippen LogP contribution in [0.5, 0.6) is 5.75 Å². The first-order chi connectivity index (χ1) is 10.6. The van der Waals surface area contributed by atoms with Gasteiger partial charge in [-0.2, -0.15) is 0 Å². The van der Waals surface area contributed by atoms with E-state index in [-0.39, 0.29) is 18.3 Å². The number of amides is 1. The third-order valence-corrected chi connectivity index (χ3v) is 4.27. The molecular formula is C16H23Cl3N2O2. The van der Waals surface area contributed by atoms with Crippen LogP contribution in [0.4, 0.5) is 0 Å². The molecule has 0 bridgehead atoms. The van der Waals surface area contributed by atoms with E-state index >= 15 is 0 Å². The number of benzene rings is 1. The van der Waals surface area contributed by atoms with Gasteiger partial charge in [-0.1, -0.05) is 23.2 Å². The highest BCUT2D eigenvalue weighted by Gasteiger charge is 2.15. The number of halogens is 3. The van der Waals surface area contributed by atoms with E-state index in [1.165, 1.54) is 6.42 Å². The van der Waals surface area contributed by atoms with Crippen LogP contribution in [0.2, 0.25) is 10.0 Å². The van der Waals surface area contributed by atoms with Crippen LogP contribution in [-0.4, -0.2) is 32.1 Å². The molecule has 23 heavy (non-hydrogen) atoms. The van der Waals surface area contributed by atoms with Gasteiger partial charge in [0.05, 0.1) is 11.6 Å². The molecule has 0 radical (unpaired) electrons. The van der Waals surface area contributed by atoms with Crippen molar-refractivity contribution in [1.82, 2.24) is 10.6 Å². The van der Waals surface area contributed by atoms with E-state index in [0.717, 1.165) is 25.9 Å². The molecule has 4 nitrogen and oxygen atoms in total. The lowest BCUT2D eigenvalue weighted by atomic mass is 10.0. The Hall–Kier alpha value is -0.680. The quantitative estimate of drug-likeness (QED) is 0.675. The molecular weight excluding hydrogens is 359 g/mol. The van der Waals surface area contributed by atoms with Gasteiger partial charge in [0, 0.05) is 18.0 Å². The summed E-state index contributed by atoms with van der Waals surface area (Å²) in [5, 5.41) is 7.32. The van der Waals surface area contributed by atoms with Crippen LogP contribution in [0.15, 0.2) is 18.2 Å². The molecule has 1 fully saturated rings. The Balaban J connectivity index is 0.00000264. The molecule has 7 heteroatoms. The highest BCUT2D eigenvalue weighted by molar-refractivity contribution is 6.35. The zero-order chi connectivity index (χ0) is 15.8. The molecule has 1 aromatic rings. The van der Waals surface area contributed by atoms with Gasteiger partial charge in [0.15, 0.2) is 0 Å². The van der Waals surface area contributed by atoms with E-state index in [9.17, 15) is 4.79 Å². The van der Waals surface area contributed by atoms with Crippen molar-refractivity contribution in [2.75, 3.05) is 26.2 Å². The predicted molar refractivity (Wildman–Crippen MR) is 97.0 cm³/mol. The smallest absolute Gasteiger partial charge is 0.220 e. The van der Waals surface area contributed by atoms with E-state index in [0.29, 0.717) is 41.3 Å². The van der Waals surface area contributed by atoms with E-state index in [2.05, 4.69) is 10.6 Å². The molecule has 1 heterocycles. The lowest BCUT2D eigenvalue weighted by Crippen LogP contribution is -2.26. The number of carbonyl (C=O) groups is 1. The minimum Gasteiger partial charge on any atom is -0.492 e. The molecule has 1 aromatic carbocycles. The van der Waals surface area contributed by atoms with Gasteiger partial charge in [0.25, 0.3) is 0 Å². The summed E-state index contributed by atoms with van der Waals surface area (Å²) in [5.41, 5.74) is 0. The van der Waals surface area contributed by atoms with Crippen molar-refractivity contribution in [3.05, 3.63) is 28.2 Å². The van der Waals surface area contributed by atoms with Gasteiger partial charge in [-0.15, -0.1) is 12.4 Å². The maximum absolute atomic E-state index is 11.7. The highest BCUT2D eigenvalue weighted by Crippen LogP contribution is 2.27. The Morgan fingerprint density at radius 1 is 1.39 bits per heavy atom. The number of ether oxygens (including phenoxy) is 1. The normalized spacial score (nSPS) is 16.7. The van der Waals surface area contributed by atoms with Crippen molar-refractivity contribution in [2.45, 2.75) is 25.7 Å². The Bertz CT molecular complexity index is 494. The molecule has 0 saturated carbocycles. The molecule has 130 valence electrons. The Morgan fingerprint density at radius 2 is 2.22 bits per heavy atom. The summed E-state index contributed by atoms with van der Waals surface area (Å²) in [7, 11) is 0. The lowest BCUT2D eigenvalue weighted by molar-refractivity contribution is -0.121.